The SMILES string of the molecule is CSCc1cnc2cc(N)ccn12. The summed E-state index contributed by atoms with van der Waals surface area (Å²) >= 11 is 1.79. The fourth-order valence-electron chi connectivity index (χ4n) is 1.30. The van der Waals surface area contributed by atoms with Gasteiger partial charge in [-0.05, 0) is 12.3 Å². The molecule has 0 aliphatic carbocycles. The van der Waals surface area contributed by atoms with Crippen molar-refractivity contribution < 1.29 is 0 Å². The zero-order valence-electron chi connectivity index (χ0n) is 7.40. The number of nitrogen functional groups attached to an aromatic ring is 1. The number of pyridine rings is 1. The van der Waals surface area contributed by atoms with Crippen molar-refractivity contribution >= 4 is 23.1 Å². The second kappa shape index (κ2) is 3.30. The van der Waals surface area contributed by atoms with Crippen LogP contribution in [0.5, 0.6) is 0 Å². The summed E-state index contributed by atoms with van der Waals surface area (Å²) < 4.78 is 2.06. The highest BCUT2D eigenvalue weighted by atomic mass is 32.2. The molecular weight excluding hydrogens is 182 g/mol. The molecular formula is C9H11N3S. The van der Waals surface area contributed by atoms with Gasteiger partial charge in [0.2, 0.25) is 0 Å². The molecule has 2 heterocycles. The van der Waals surface area contributed by atoms with Crippen molar-refractivity contribution in [2.45, 2.75) is 5.75 Å². The normalized spacial score (nSPS) is 10.8. The third-order valence-corrected chi connectivity index (χ3v) is 2.49. The Morgan fingerprint density at radius 3 is 3.23 bits per heavy atom. The number of hydrogen-bond donors (Lipinski definition) is 1. The smallest absolute Gasteiger partial charge is 0.138 e. The van der Waals surface area contributed by atoms with E-state index in [0.717, 1.165) is 17.1 Å². The van der Waals surface area contributed by atoms with E-state index in [0.29, 0.717) is 0 Å². The number of anilines is 1. The molecule has 2 aromatic rings. The highest BCUT2D eigenvalue weighted by molar-refractivity contribution is 7.97. The molecule has 0 aliphatic rings. The Bertz CT molecular complexity index is 422. The van der Waals surface area contributed by atoms with Gasteiger partial charge < -0.3 is 10.1 Å². The summed E-state index contributed by atoms with van der Waals surface area (Å²) in [6.07, 6.45) is 5.94. The summed E-state index contributed by atoms with van der Waals surface area (Å²) in [6.45, 7) is 0. The van der Waals surface area contributed by atoms with Gasteiger partial charge >= 0.3 is 0 Å². The molecule has 0 saturated carbocycles. The van der Waals surface area contributed by atoms with Crippen LogP contribution in [0.15, 0.2) is 24.5 Å². The molecule has 2 aromatic heterocycles. The molecule has 0 amide bonds. The fraction of sp³-hybridized carbons (Fsp3) is 0.222. The van der Waals surface area contributed by atoms with Crippen LogP contribution in [0.1, 0.15) is 5.69 Å². The van der Waals surface area contributed by atoms with Gasteiger partial charge in [-0.2, -0.15) is 11.8 Å². The third kappa shape index (κ3) is 1.49. The number of thioether (sulfide) groups is 1. The van der Waals surface area contributed by atoms with Crippen LogP contribution >= 0.6 is 11.8 Å². The van der Waals surface area contributed by atoms with Crippen LogP contribution in [0.25, 0.3) is 5.65 Å². The van der Waals surface area contributed by atoms with E-state index in [2.05, 4.69) is 15.6 Å². The molecule has 0 aromatic carbocycles. The first kappa shape index (κ1) is 8.44. The average Bonchev–Trinajstić information content (AvgIpc) is 2.49. The van der Waals surface area contributed by atoms with Gasteiger partial charge in [0, 0.05) is 23.7 Å². The van der Waals surface area contributed by atoms with E-state index >= 15 is 0 Å². The monoisotopic (exact) mass is 193 g/mol. The fourth-order valence-corrected chi connectivity index (χ4v) is 1.81. The predicted octanol–water partition coefficient (Wildman–Crippen LogP) is 1.78. The minimum absolute atomic E-state index is 0.758. The Morgan fingerprint density at radius 2 is 2.46 bits per heavy atom. The first-order valence-electron chi connectivity index (χ1n) is 4.01. The minimum Gasteiger partial charge on any atom is -0.399 e. The molecule has 3 nitrogen and oxygen atoms in total. The summed E-state index contributed by atoms with van der Waals surface area (Å²) in [5.41, 5.74) is 8.54. The van der Waals surface area contributed by atoms with Crippen molar-refractivity contribution in [3.8, 4) is 0 Å². The maximum Gasteiger partial charge on any atom is 0.138 e. The van der Waals surface area contributed by atoms with Gasteiger partial charge in [-0.25, -0.2) is 4.98 Å². The van der Waals surface area contributed by atoms with Crippen molar-refractivity contribution in [3.05, 3.63) is 30.2 Å². The Hall–Kier alpha value is -1.16. The van der Waals surface area contributed by atoms with Gasteiger partial charge in [-0.15, -0.1) is 0 Å². The minimum atomic E-state index is 0.758. The zero-order valence-corrected chi connectivity index (χ0v) is 8.21. The number of fused-ring (bicyclic) bond motifs is 1. The van der Waals surface area contributed by atoms with Crippen molar-refractivity contribution in [2.24, 2.45) is 0 Å². The van der Waals surface area contributed by atoms with Gasteiger partial charge in [-0.1, -0.05) is 0 Å². The van der Waals surface area contributed by atoms with Gasteiger partial charge in [0.15, 0.2) is 0 Å². The Labute approximate surface area is 81.0 Å². The number of rotatable bonds is 2. The van der Waals surface area contributed by atoms with E-state index in [4.69, 9.17) is 5.73 Å². The lowest BCUT2D eigenvalue weighted by Crippen LogP contribution is -1.92. The van der Waals surface area contributed by atoms with Crippen LogP contribution < -0.4 is 5.73 Å². The Balaban J connectivity index is 2.55. The van der Waals surface area contributed by atoms with Crippen molar-refractivity contribution in [1.29, 1.82) is 0 Å². The average molecular weight is 193 g/mol. The molecule has 0 fully saturated rings. The number of imidazole rings is 1. The van der Waals surface area contributed by atoms with Crippen molar-refractivity contribution in [1.82, 2.24) is 9.38 Å². The van der Waals surface area contributed by atoms with Gasteiger partial charge in [-0.3, -0.25) is 0 Å². The molecule has 0 aliphatic heterocycles. The summed E-state index contributed by atoms with van der Waals surface area (Å²) in [7, 11) is 0. The van der Waals surface area contributed by atoms with Crippen LogP contribution in [0, 0.1) is 0 Å². The highest BCUT2D eigenvalue weighted by Gasteiger charge is 2.01. The topological polar surface area (TPSA) is 43.3 Å². The second-order valence-corrected chi connectivity index (χ2v) is 3.74. The number of nitrogens with zero attached hydrogens (tertiary/aromatic N) is 2. The molecule has 13 heavy (non-hydrogen) atoms. The number of hydrogen-bond acceptors (Lipinski definition) is 3. The lowest BCUT2D eigenvalue weighted by molar-refractivity contribution is 1.10. The maximum absolute atomic E-state index is 5.65. The van der Waals surface area contributed by atoms with E-state index in [9.17, 15) is 0 Å². The first-order valence-corrected chi connectivity index (χ1v) is 5.41. The Morgan fingerprint density at radius 1 is 1.62 bits per heavy atom. The second-order valence-electron chi connectivity index (χ2n) is 2.87. The van der Waals surface area contributed by atoms with E-state index in [1.165, 1.54) is 5.69 Å². The summed E-state index contributed by atoms with van der Waals surface area (Å²) in [4.78, 5) is 4.27. The van der Waals surface area contributed by atoms with E-state index < -0.39 is 0 Å². The highest BCUT2D eigenvalue weighted by Crippen LogP contribution is 2.14. The summed E-state index contributed by atoms with van der Waals surface area (Å²) in [5, 5.41) is 0. The molecule has 4 heteroatoms. The van der Waals surface area contributed by atoms with Crippen molar-refractivity contribution in [2.75, 3.05) is 12.0 Å². The van der Waals surface area contributed by atoms with E-state index in [1.807, 2.05) is 24.5 Å². The van der Waals surface area contributed by atoms with Crippen LogP contribution in [0.3, 0.4) is 0 Å². The van der Waals surface area contributed by atoms with Gasteiger partial charge in [0.1, 0.15) is 5.65 Å². The van der Waals surface area contributed by atoms with Gasteiger partial charge in [0.25, 0.3) is 0 Å². The predicted molar refractivity (Wildman–Crippen MR) is 56.8 cm³/mol. The molecule has 2 N–H and O–H groups in total. The zero-order chi connectivity index (χ0) is 9.26. The lowest BCUT2D eigenvalue weighted by atomic mass is 10.4. The van der Waals surface area contributed by atoms with Crippen LogP contribution in [0.4, 0.5) is 5.69 Å². The van der Waals surface area contributed by atoms with E-state index in [-0.39, 0.29) is 0 Å². The Kier molecular flexibility index (Phi) is 2.14. The van der Waals surface area contributed by atoms with Crippen LogP contribution in [0.2, 0.25) is 0 Å². The van der Waals surface area contributed by atoms with Crippen LogP contribution in [-0.4, -0.2) is 15.6 Å². The molecule has 0 unspecified atom stereocenters. The number of nitrogens with two attached hydrogens (primary N) is 1. The molecule has 0 saturated heterocycles. The molecule has 0 spiro atoms. The molecule has 0 atom stereocenters. The summed E-state index contributed by atoms with van der Waals surface area (Å²) in [5.74, 6) is 0.977. The summed E-state index contributed by atoms with van der Waals surface area (Å²) in [6, 6.07) is 3.77. The third-order valence-electron chi connectivity index (χ3n) is 1.91. The quantitative estimate of drug-likeness (QED) is 0.790. The molecule has 68 valence electrons. The first-order chi connectivity index (χ1) is 6.31. The molecule has 0 bridgehead atoms. The largest absolute Gasteiger partial charge is 0.399 e. The lowest BCUT2D eigenvalue weighted by Gasteiger charge is -1.99. The maximum atomic E-state index is 5.65. The molecule has 0 radical (unpaired) electrons. The standard InChI is InChI=1S/C9H11N3S/c1-13-6-8-5-11-9-4-7(10)2-3-12(8)9/h2-5H,6,10H2,1H3. The van der Waals surface area contributed by atoms with E-state index in [1.54, 1.807) is 11.8 Å². The van der Waals surface area contributed by atoms with Gasteiger partial charge in [0.05, 0.1) is 11.9 Å². The van der Waals surface area contributed by atoms with Crippen molar-refractivity contribution in [3.63, 3.8) is 0 Å². The molecule has 2 rings (SSSR count). The van der Waals surface area contributed by atoms with Crippen LogP contribution in [-0.2, 0) is 5.75 Å². The number of aromatic nitrogens is 2.